The van der Waals surface area contributed by atoms with Crippen LogP contribution in [0.4, 0.5) is 0 Å². The number of aryl methyl sites for hydroxylation is 1. The maximum atomic E-state index is 11.9. The maximum Gasteiger partial charge on any atom is 0.220 e. The summed E-state index contributed by atoms with van der Waals surface area (Å²) >= 11 is 0. The minimum Gasteiger partial charge on any atom is -0.353 e. The van der Waals surface area contributed by atoms with E-state index < -0.39 is 0 Å². The molecule has 6 nitrogen and oxygen atoms in total. The van der Waals surface area contributed by atoms with Gasteiger partial charge in [0.05, 0.1) is 11.9 Å². The van der Waals surface area contributed by atoms with Gasteiger partial charge in [-0.15, -0.1) is 0 Å². The minimum atomic E-state index is 0.193. The molecule has 1 saturated heterocycles. The lowest BCUT2D eigenvalue weighted by atomic mass is 10.0. The van der Waals surface area contributed by atoms with Crippen molar-refractivity contribution in [1.29, 1.82) is 0 Å². The number of nitrogens with one attached hydrogen (secondary N) is 2. The zero-order valence-electron chi connectivity index (χ0n) is 13.1. The van der Waals surface area contributed by atoms with Crippen LogP contribution in [0.15, 0.2) is 6.20 Å². The number of hydrogen-bond acceptors (Lipinski definition) is 4. The van der Waals surface area contributed by atoms with Crippen molar-refractivity contribution in [3.8, 4) is 0 Å². The lowest BCUT2D eigenvalue weighted by Gasteiger charge is -2.34. The average Bonchev–Trinajstić information content (AvgIpc) is 2.97. The lowest BCUT2D eigenvalue weighted by Crippen LogP contribution is -2.46. The second-order valence-corrected chi connectivity index (χ2v) is 6.14. The fraction of sp³-hybridized carbons (Fsp3) is 0.800. The van der Waals surface area contributed by atoms with Crippen LogP contribution in [-0.4, -0.2) is 51.4 Å². The first kappa shape index (κ1) is 15.9. The van der Waals surface area contributed by atoms with Crippen molar-refractivity contribution in [2.45, 2.75) is 64.5 Å². The number of rotatable bonds is 7. The second kappa shape index (κ2) is 8.12. The molecule has 118 valence electrons. The molecule has 0 spiro atoms. The van der Waals surface area contributed by atoms with Crippen LogP contribution in [0.3, 0.4) is 0 Å². The molecule has 1 aromatic heterocycles. The molecule has 21 heavy (non-hydrogen) atoms. The van der Waals surface area contributed by atoms with E-state index in [4.69, 9.17) is 0 Å². The first-order valence-corrected chi connectivity index (χ1v) is 8.03. The highest BCUT2D eigenvalue weighted by atomic mass is 16.1. The zero-order chi connectivity index (χ0) is 15.1. The van der Waals surface area contributed by atoms with Crippen molar-refractivity contribution in [3.05, 3.63) is 11.9 Å². The molecular formula is C15H27N5O. The Hall–Kier alpha value is -1.43. The van der Waals surface area contributed by atoms with E-state index in [2.05, 4.69) is 39.5 Å². The second-order valence-electron chi connectivity index (χ2n) is 6.14. The van der Waals surface area contributed by atoms with E-state index in [1.807, 2.05) is 0 Å². The number of nitrogens with zero attached hydrogens (tertiary/aromatic N) is 3. The van der Waals surface area contributed by atoms with Gasteiger partial charge in [-0.05, 0) is 46.0 Å². The molecule has 0 aromatic carbocycles. The Bertz CT molecular complexity index is 410. The quantitative estimate of drug-likeness (QED) is 0.747. The molecular weight excluding hydrogens is 266 g/mol. The Balaban J connectivity index is 1.55. The van der Waals surface area contributed by atoms with E-state index in [1.54, 1.807) is 6.20 Å². The highest BCUT2D eigenvalue weighted by Crippen LogP contribution is 2.13. The van der Waals surface area contributed by atoms with Gasteiger partial charge in [0.1, 0.15) is 0 Å². The van der Waals surface area contributed by atoms with E-state index in [1.165, 1.54) is 0 Å². The highest BCUT2D eigenvalue weighted by Gasteiger charge is 2.21. The number of unbranched alkanes of at least 4 members (excludes halogenated alkanes) is 1. The monoisotopic (exact) mass is 293 g/mol. The summed E-state index contributed by atoms with van der Waals surface area (Å²) < 4.78 is 0. The summed E-state index contributed by atoms with van der Waals surface area (Å²) in [4.78, 5) is 14.4. The number of aromatic nitrogens is 3. The number of aromatic amines is 1. The molecule has 2 N–H and O–H groups in total. The predicted molar refractivity (Wildman–Crippen MR) is 81.8 cm³/mol. The molecule has 1 aliphatic rings. The number of likely N-dealkylation sites (tertiary alicyclic amines) is 1. The zero-order valence-corrected chi connectivity index (χ0v) is 13.1. The first-order chi connectivity index (χ1) is 10.1. The summed E-state index contributed by atoms with van der Waals surface area (Å²) in [7, 11) is 0. The molecule has 0 atom stereocenters. The SMILES string of the molecule is CC(C)N1CCC(NC(=O)CCCCc2cn[nH]n2)CC1. The fourth-order valence-corrected chi connectivity index (χ4v) is 2.80. The molecule has 0 radical (unpaired) electrons. The van der Waals surface area contributed by atoms with Crippen molar-refractivity contribution in [3.63, 3.8) is 0 Å². The van der Waals surface area contributed by atoms with Gasteiger partial charge in [0.15, 0.2) is 0 Å². The van der Waals surface area contributed by atoms with Crippen molar-refractivity contribution >= 4 is 5.91 Å². The Labute approximate surface area is 126 Å². The fourth-order valence-electron chi connectivity index (χ4n) is 2.80. The van der Waals surface area contributed by atoms with Gasteiger partial charge in [0.2, 0.25) is 5.91 Å². The first-order valence-electron chi connectivity index (χ1n) is 8.03. The number of H-pyrrole nitrogens is 1. The van der Waals surface area contributed by atoms with E-state index in [-0.39, 0.29) is 5.91 Å². The summed E-state index contributed by atoms with van der Waals surface area (Å²) in [5.74, 6) is 0.193. The molecule has 0 unspecified atom stereocenters. The summed E-state index contributed by atoms with van der Waals surface area (Å²) in [5, 5.41) is 13.6. The molecule has 0 aliphatic carbocycles. The third kappa shape index (κ3) is 5.46. The van der Waals surface area contributed by atoms with Crippen molar-refractivity contribution < 1.29 is 4.79 Å². The lowest BCUT2D eigenvalue weighted by molar-refractivity contribution is -0.122. The summed E-state index contributed by atoms with van der Waals surface area (Å²) in [5.41, 5.74) is 0.969. The molecule has 2 rings (SSSR count). The molecule has 1 fully saturated rings. The molecule has 0 bridgehead atoms. The van der Waals surface area contributed by atoms with E-state index in [9.17, 15) is 4.79 Å². The molecule has 1 amide bonds. The topological polar surface area (TPSA) is 73.9 Å². The summed E-state index contributed by atoms with van der Waals surface area (Å²) in [6.07, 6.45) is 7.27. The molecule has 1 aliphatic heterocycles. The standard InChI is InChI=1S/C15H27N5O/c1-12(2)20-9-7-13(8-10-20)17-15(21)6-4-3-5-14-11-16-19-18-14/h11-13H,3-10H2,1-2H3,(H,17,21)(H,16,18,19). The van der Waals surface area contributed by atoms with E-state index in [0.717, 1.165) is 50.9 Å². The molecule has 2 heterocycles. The Morgan fingerprint density at radius 1 is 1.43 bits per heavy atom. The number of piperidine rings is 1. The number of carbonyl (C=O) groups is 1. The van der Waals surface area contributed by atoms with Gasteiger partial charge < -0.3 is 10.2 Å². The Kier molecular flexibility index (Phi) is 6.17. The predicted octanol–water partition coefficient (Wildman–Crippen LogP) is 1.51. The van der Waals surface area contributed by atoms with Crippen LogP contribution in [-0.2, 0) is 11.2 Å². The largest absolute Gasteiger partial charge is 0.353 e. The molecule has 0 saturated carbocycles. The smallest absolute Gasteiger partial charge is 0.220 e. The van der Waals surface area contributed by atoms with Gasteiger partial charge in [-0.2, -0.15) is 15.4 Å². The van der Waals surface area contributed by atoms with Gasteiger partial charge in [-0.25, -0.2) is 0 Å². The van der Waals surface area contributed by atoms with Crippen molar-refractivity contribution in [2.75, 3.05) is 13.1 Å². The molecule has 1 aromatic rings. The van der Waals surface area contributed by atoms with Gasteiger partial charge in [0.25, 0.3) is 0 Å². The number of hydrogen-bond donors (Lipinski definition) is 2. The summed E-state index contributed by atoms with van der Waals surface area (Å²) in [6, 6.07) is 0.973. The van der Waals surface area contributed by atoms with Crippen molar-refractivity contribution in [2.24, 2.45) is 0 Å². The van der Waals surface area contributed by atoms with Gasteiger partial charge in [0, 0.05) is 31.6 Å². The normalized spacial score (nSPS) is 17.3. The van der Waals surface area contributed by atoms with Crippen LogP contribution in [0, 0.1) is 0 Å². The van der Waals surface area contributed by atoms with Crippen LogP contribution in [0.5, 0.6) is 0 Å². The van der Waals surface area contributed by atoms with Gasteiger partial charge in [-0.1, -0.05) is 0 Å². The van der Waals surface area contributed by atoms with Crippen LogP contribution in [0.1, 0.15) is 51.6 Å². The average molecular weight is 293 g/mol. The van der Waals surface area contributed by atoms with Gasteiger partial charge >= 0.3 is 0 Å². The van der Waals surface area contributed by atoms with Crippen LogP contribution in [0.25, 0.3) is 0 Å². The minimum absolute atomic E-state index is 0.193. The Morgan fingerprint density at radius 2 is 2.19 bits per heavy atom. The van der Waals surface area contributed by atoms with Crippen LogP contribution < -0.4 is 5.32 Å². The van der Waals surface area contributed by atoms with E-state index >= 15 is 0 Å². The number of carbonyl (C=O) groups excluding carboxylic acids is 1. The number of amides is 1. The highest BCUT2D eigenvalue weighted by molar-refractivity contribution is 5.76. The summed E-state index contributed by atoms with van der Waals surface area (Å²) in [6.45, 7) is 6.64. The third-order valence-electron chi connectivity index (χ3n) is 4.18. The Morgan fingerprint density at radius 3 is 2.81 bits per heavy atom. The van der Waals surface area contributed by atoms with Crippen LogP contribution in [0.2, 0.25) is 0 Å². The van der Waals surface area contributed by atoms with Crippen molar-refractivity contribution in [1.82, 2.24) is 25.6 Å². The molecule has 6 heteroatoms. The maximum absolute atomic E-state index is 11.9. The van der Waals surface area contributed by atoms with Crippen LogP contribution >= 0.6 is 0 Å². The van der Waals surface area contributed by atoms with Gasteiger partial charge in [-0.3, -0.25) is 4.79 Å². The third-order valence-corrected chi connectivity index (χ3v) is 4.18. The van der Waals surface area contributed by atoms with E-state index in [0.29, 0.717) is 18.5 Å².